The summed E-state index contributed by atoms with van der Waals surface area (Å²) in [6.45, 7) is 7.64. The Morgan fingerprint density at radius 2 is 1.83 bits per heavy atom. The Balaban J connectivity index is 1.65. The van der Waals surface area contributed by atoms with Crippen LogP contribution < -0.4 is 0 Å². The summed E-state index contributed by atoms with van der Waals surface area (Å²) in [5, 5.41) is 9.16. The van der Waals surface area contributed by atoms with Gasteiger partial charge in [0.05, 0.1) is 6.07 Å². The smallest absolute Gasteiger partial charge is 0.0911 e. The van der Waals surface area contributed by atoms with E-state index in [-0.39, 0.29) is 0 Å². The van der Waals surface area contributed by atoms with Crippen molar-refractivity contribution in [3.8, 4) is 6.07 Å². The minimum absolute atomic E-state index is 0.348. The minimum Gasteiger partial charge on any atom is -0.193 e. The molecule has 1 heteroatoms. The molecule has 7 atom stereocenters. The standard InChI is InChI=1S/C22H33N/c1-15-4-5-16-6-8-18-19-9-7-17(11-13-23)21(19,2)12-10-20(18)22(16,3)14-15/h11,15-16,18-20H,4-10,12,14H2,1-3H3/b17-11-/t15-,16?,18?,19?,20?,21-,22?/m1/s1. The Hall–Kier alpha value is -0.770. The maximum absolute atomic E-state index is 9.16. The molecule has 0 radical (unpaired) electrons. The van der Waals surface area contributed by atoms with Gasteiger partial charge in [-0.25, -0.2) is 0 Å². The largest absolute Gasteiger partial charge is 0.193 e. The molecule has 0 spiro atoms. The normalized spacial score (nSPS) is 54.0. The molecular weight excluding hydrogens is 278 g/mol. The second-order valence-electron chi connectivity index (χ2n) is 9.84. The van der Waals surface area contributed by atoms with Gasteiger partial charge in [0.25, 0.3) is 0 Å². The van der Waals surface area contributed by atoms with Crippen molar-refractivity contribution in [2.24, 2.45) is 40.4 Å². The lowest BCUT2D eigenvalue weighted by atomic mass is 9.44. The first-order chi connectivity index (χ1) is 11.0. The predicted octanol–water partition coefficient (Wildman–Crippen LogP) is 6.12. The maximum Gasteiger partial charge on any atom is 0.0911 e. The molecule has 5 unspecified atom stereocenters. The summed E-state index contributed by atoms with van der Waals surface area (Å²) in [6, 6.07) is 2.34. The quantitative estimate of drug-likeness (QED) is 0.495. The lowest BCUT2D eigenvalue weighted by Crippen LogP contribution is -2.52. The van der Waals surface area contributed by atoms with Crippen molar-refractivity contribution < 1.29 is 0 Å². The third-order valence-electron chi connectivity index (χ3n) is 8.95. The van der Waals surface area contributed by atoms with E-state index in [1.165, 1.54) is 63.4 Å². The molecule has 0 aromatic carbocycles. The van der Waals surface area contributed by atoms with Crippen LogP contribution >= 0.6 is 0 Å². The van der Waals surface area contributed by atoms with E-state index in [0.717, 1.165) is 29.6 Å². The molecule has 23 heavy (non-hydrogen) atoms. The molecule has 4 saturated carbocycles. The van der Waals surface area contributed by atoms with E-state index in [4.69, 9.17) is 5.26 Å². The number of hydrogen-bond donors (Lipinski definition) is 0. The van der Waals surface area contributed by atoms with Crippen LogP contribution in [-0.4, -0.2) is 0 Å². The van der Waals surface area contributed by atoms with Crippen LogP contribution in [0.25, 0.3) is 0 Å². The number of allylic oxidation sites excluding steroid dienone is 2. The highest BCUT2D eigenvalue weighted by Crippen LogP contribution is 2.67. The molecular formula is C22H33N. The third-order valence-corrected chi connectivity index (χ3v) is 8.95. The summed E-state index contributed by atoms with van der Waals surface area (Å²) in [5.41, 5.74) is 2.44. The van der Waals surface area contributed by atoms with Crippen molar-refractivity contribution >= 4 is 0 Å². The van der Waals surface area contributed by atoms with Gasteiger partial charge in [0, 0.05) is 6.08 Å². The molecule has 0 heterocycles. The third kappa shape index (κ3) is 2.16. The number of nitrogens with zero attached hydrogens (tertiary/aromatic N) is 1. The SMILES string of the molecule is C[C@@H]1CCC2CCC3C(CC[C@]4(C)/C(=C\C#N)CCC34)C2(C)C1. The lowest BCUT2D eigenvalue weighted by molar-refractivity contribution is -0.106. The summed E-state index contributed by atoms with van der Waals surface area (Å²) < 4.78 is 0. The van der Waals surface area contributed by atoms with Crippen molar-refractivity contribution in [1.29, 1.82) is 5.26 Å². The highest BCUT2D eigenvalue weighted by atomic mass is 14.6. The summed E-state index contributed by atoms with van der Waals surface area (Å²) >= 11 is 0. The Morgan fingerprint density at radius 3 is 2.61 bits per heavy atom. The fraction of sp³-hybridized carbons (Fsp3) is 0.864. The van der Waals surface area contributed by atoms with Crippen molar-refractivity contribution in [3.05, 3.63) is 11.6 Å². The molecule has 0 N–H and O–H groups in total. The first-order valence-electron chi connectivity index (χ1n) is 10.1. The van der Waals surface area contributed by atoms with E-state index in [1.54, 1.807) is 0 Å². The zero-order chi connectivity index (χ0) is 16.2. The predicted molar refractivity (Wildman–Crippen MR) is 94.6 cm³/mol. The summed E-state index contributed by atoms with van der Waals surface area (Å²) in [6.07, 6.45) is 14.6. The zero-order valence-corrected chi connectivity index (χ0v) is 15.3. The Labute approximate surface area is 142 Å². The number of nitriles is 1. The van der Waals surface area contributed by atoms with Crippen molar-refractivity contribution in [2.45, 2.75) is 78.6 Å². The van der Waals surface area contributed by atoms with Gasteiger partial charge in [-0.05, 0) is 91.8 Å². The minimum atomic E-state index is 0.348. The number of fused-ring (bicyclic) bond motifs is 5. The molecule has 0 aliphatic heterocycles. The topological polar surface area (TPSA) is 23.8 Å². The number of hydrogen-bond acceptors (Lipinski definition) is 1. The molecule has 0 bridgehead atoms. The molecule has 4 aliphatic rings. The van der Waals surface area contributed by atoms with Crippen molar-refractivity contribution in [3.63, 3.8) is 0 Å². The molecule has 4 aliphatic carbocycles. The maximum atomic E-state index is 9.16. The van der Waals surface area contributed by atoms with Crippen LogP contribution in [-0.2, 0) is 0 Å². The van der Waals surface area contributed by atoms with Gasteiger partial charge in [0.1, 0.15) is 0 Å². The van der Waals surface area contributed by atoms with E-state index in [2.05, 4.69) is 26.8 Å². The molecule has 0 aromatic rings. The second kappa shape index (κ2) is 5.37. The van der Waals surface area contributed by atoms with E-state index in [1.807, 2.05) is 6.08 Å². The number of rotatable bonds is 0. The first-order valence-corrected chi connectivity index (χ1v) is 10.1. The van der Waals surface area contributed by atoms with Crippen LogP contribution in [0.4, 0.5) is 0 Å². The molecule has 0 amide bonds. The summed E-state index contributed by atoms with van der Waals surface area (Å²) in [5.74, 6) is 4.69. The highest BCUT2D eigenvalue weighted by Gasteiger charge is 2.58. The second-order valence-corrected chi connectivity index (χ2v) is 9.84. The van der Waals surface area contributed by atoms with Crippen molar-refractivity contribution in [2.75, 3.05) is 0 Å². The molecule has 126 valence electrons. The average Bonchev–Trinajstić information content (AvgIpc) is 2.84. The van der Waals surface area contributed by atoms with E-state index in [0.29, 0.717) is 10.8 Å². The Bertz CT molecular complexity index is 555. The van der Waals surface area contributed by atoms with Gasteiger partial charge in [0.2, 0.25) is 0 Å². The van der Waals surface area contributed by atoms with Crippen molar-refractivity contribution in [1.82, 2.24) is 0 Å². The van der Waals surface area contributed by atoms with Gasteiger partial charge in [-0.1, -0.05) is 32.8 Å². The van der Waals surface area contributed by atoms with Gasteiger partial charge in [-0.2, -0.15) is 5.26 Å². The van der Waals surface area contributed by atoms with Gasteiger partial charge in [-0.3, -0.25) is 0 Å². The average molecular weight is 312 g/mol. The van der Waals surface area contributed by atoms with E-state index >= 15 is 0 Å². The van der Waals surface area contributed by atoms with Gasteiger partial charge in [-0.15, -0.1) is 0 Å². The fourth-order valence-electron chi connectivity index (χ4n) is 7.83. The van der Waals surface area contributed by atoms with E-state index < -0.39 is 0 Å². The molecule has 4 rings (SSSR count). The molecule has 0 saturated heterocycles. The highest BCUT2D eigenvalue weighted by molar-refractivity contribution is 5.28. The Kier molecular flexibility index (Phi) is 3.67. The van der Waals surface area contributed by atoms with Crippen LogP contribution in [0, 0.1) is 51.8 Å². The van der Waals surface area contributed by atoms with Gasteiger partial charge >= 0.3 is 0 Å². The monoisotopic (exact) mass is 311 g/mol. The molecule has 1 nitrogen and oxygen atoms in total. The summed E-state index contributed by atoms with van der Waals surface area (Å²) in [4.78, 5) is 0. The van der Waals surface area contributed by atoms with E-state index in [9.17, 15) is 0 Å². The molecule has 4 fully saturated rings. The van der Waals surface area contributed by atoms with Gasteiger partial charge in [0.15, 0.2) is 0 Å². The van der Waals surface area contributed by atoms with Crippen LogP contribution in [0.1, 0.15) is 78.6 Å². The zero-order valence-electron chi connectivity index (χ0n) is 15.3. The summed E-state index contributed by atoms with van der Waals surface area (Å²) in [7, 11) is 0. The first kappa shape index (κ1) is 15.7. The van der Waals surface area contributed by atoms with Crippen LogP contribution in [0.5, 0.6) is 0 Å². The van der Waals surface area contributed by atoms with Gasteiger partial charge < -0.3 is 0 Å². The lowest BCUT2D eigenvalue weighted by Gasteiger charge is -2.60. The molecule has 0 aromatic heterocycles. The Morgan fingerprint density at radius 1 is 1.04 bits per heavy atom. The van der Waals surface area contributed by atoms with Crippen LogP contribution in [0.2, 0.25) is 0 Å². The fourth-order valence-corrected chi connectivity index (χ4v) is 7.83. The van der Waals surface area contributed by atoms with Crippen LogP contribution in [0.3, 0.4) is 0 Å². The van der Waals surface area contributed by atoms with Crippen LogP contribution in [0.15, 0.2) is 11.6 Å².